The first-order valence-corrected chi connectivity index (χ1v) is 15.4. The van der Waals surface area contributed by atoms with Crippen LogP contribution in [0, 0.1) is 13.8 Å². The van der Waals surface area contributed by atoms with E-state index in [9.17, 15) is 18.0 Å². The molecule has 0 fully saturated rings. The SMILES string of the molecule is CNC(=O)[C@H](Cc1ccccc1)N(Cc1ccccc1C)C(=O)CN(c1ccc(OC)cc1)S(=O)(=O)c1ccc(C)cc1. The number of methoxy groups -OCH3 is 1. The van der Waals surface area contributed by atoms with Crippen LogP contribution < -0.4 is 14.4 Å². The molecule has 1 N–H and O–H groups in total. The molecule has 0 aliphatic carbocycles. The summed E-state index contributed by atoms with van der Waals surface area (Å²) < 4.78 is 34.5. The molecule has 0 saturated heterocycles. The first-order chi connectivity index (χ1) is 20.6. The van der Waals surface area contributed by atoms with Crippen LogP contribution in [0.2, 0.25) is 0 Å². The van der Waals surface area contributed by atoms with Crippen molar-refractivity contribution in [2.75, 3.05) is 25.0 Å². The third kappa shape index (κ3) is 7.61. The predicted octanol–water partition coefficient (Wildman–Crippen LogP) is 4.89. The van der Waals surface area contributed by atoms with E-state index in [0.717, 1.165) is 26.6 Å². The number of benzene rings is 4. The van der Waals surface area contributed by atoms with Crippen LogP contribution in [-0.4, -0.2) is 51.9 Å². The van der Waals surface area contributed by atoms with Crippen LogP contribution in [0.15, 0.2) is 108 Å². The molecule has 0 aliphatic heterocycles. The molecule has 0 bridgehead atoms. The number of amides is 2. The molecule has 2 amide bonds. The van der Waals surface area contributed by atoms with Gasteiger partial charge in [0.2, 0.25) is 11.8 Å². The lowest BCUT2D eigenvalue weighted by Crippen LogP contribution is -2.53. The van der Waals surface area contributed by atoms with Gasteiger partial charge >= 0.3 is 0 Å². The van der Waals surface area contributed by atoms with Crippen LogP contribution in [0.3, 0.4) is 0 Å². The van der Waals surface area contributed by atoms with E-state index < -0.39 is 28.5 Å². The van der Waals surface area contributed by atoms with Gasteiger partial charge in [-0.2, -0.15) is 0 Å². The zero-order chi connectivity index (χ0) is 31.0. The van der Waals surface area contributed by atoms with Crippen LogP contribution in [-0.2, 0) is 32.6 Å². The van der Waals surface area contributed by atoms with Gasteiger partial charge in [0, 0.05) is 20.0 Å². The molecule has 0 aromatic heterocycles. The van der Waals surface area contributed by atoms with Gasteiger partial charge in [0.25, 0.3) is 10.0 Å². The maximum Gasteiger partial charge on any atom is 0.264 e. The van der Waals surface area contributed by atoms with Crippen molar-refractivity contribution in [1.29, 1.82) is 0 Å². The Morgan fingerprint density at radius 2 is 1.47 bits per heavy atom. The van der Waals surface area contributed by atoms with E-state index in [2.05, 4.69) is 5.32 Å². The van der Waals surface area contributed by atoms with Gasteiger partial charge in [-0.3, -0.25) is 13.9 Å². The fourth-order valence-electron chi connectivity index (χ4n) is 4.81. The topological polar surface area (TPSA) is 96.0 Å². The Morgan fingerprint density at radius 3 is 2.07 bits per heavy atom. The van der Waals surface area contributed by atoms with Crippen molar-refractivity contribution in [3.05, 3.63) is 125 Å². The van der Waals surface area contributed by atoms with E-state index in [0.29, 0.717) is 11.4 Å². The van der Waals surface area contributed by atoms with E-state index in [1.54, 1.807) is 36.4 Å². The number of carbonyl (C=O) groups is 2. The number of aryl methyl sites for hydroxylation is 2. The van der Waals surface area contributed by atoms with Gasteiger partial charge in [-0.25, -0.2) is 8.42 Å². The molecular weight excluding hydrogens is 562 g/mol. The standard InChI is InChI=1S/C34H37N3O5S/c1-25-14-20-31(21-15-25)43(40,41)37(29-16-18-30(42-4)19-17-29)24-33(38)36(23-28-13-9-8-10-26(28)2)32(34(39)35-3)22-27-11-6-5-7-12-27/h5-21,32H,22-24H2,1-4H3,(H,35,39)/t32-/m0/s1. The minimum Gasteiger partial charge on any atom is -0.497 e. The fraction of sp³-hybridized carbons (Fsp3) is 0.235. The normalized spacial score (nSPS) is 11.8. The van der Waals surface area contributed by atoms with Gasteiger partial charge in [0.05, 0.1) is 17.7 Å². The number of hydrogen-bond donors (Lipinski definition) is 1. The van der Waals surface area contributed by atoms with Gasteiger partial charge in [-0.05, 0) is 66.9 Å². The number of carbonyl (C=O) groups excluding carboxylic acids is 2. The lowest BCUT2D eigenvalue weighted by atomic mass is 10.0. The molecule has 9 heteroatoms. The maximum absolute atomic E-state index is 14.4. The summed E-state index contributed by atoms with van der Waals surface area (Å²) >= 11 is 0. The molecule has 8 nitrogen and oxygen atoms in total. The Labute approximate surface area is 254 Å². The second-order valence-electron chi connectivity index (χ2n) is 10.3. The number of nitrogens with zero attached hydrogens (tertiary/aromatic N) is 2. The van der Waals surface area contributed by atoms with Gasteiger partial charge in [0.1, 0.15) is 18.3 Å². The minimum atomic E-state index is -4.17. The summed E-state index contributed by atoms with van der Waals surface area (Å²) in [6.07, 6.45) is 0.255. The summed E-state index contributed by atoms with van der Waals surface area (Å²) in [7, 11) is -1.11. The van der Waals surface area contributed by atoms with Crippen LogP contribution in [0.5, 0.6) is 5.75 Å². The number of rotatable bonds is 12. The summed E-state index contributed by atoms with van der Waals surface area (Å²) in [6, 6.07) is 29.2. The molecule has 4 rings (SSSR count). The van der Waals surface area contributed by atoms with Crippen molar-refractivity contribution in [3.63, 3.8) is 0 Å². The molecule has 0 aliphatic rings. The average Bonchev–Trinajstić information content (AvgIpc) is 3.02. The molecule has 4 aromatic carbocycles. The summed E-state index contributed by atoms with van der Waals surface area (Å²) in [5.74, 6) is -0.311. The van der Waals surface area contributed by atoms with E-state index in [1.165, 1.54) is 31.2 Å². The molecule has 0 heterocycles. The Bertz CT molecular complexity index is 1640. The Morgan fingerprint density at radius 1 is 0.837 bits per heavy atom. The molecule has 0 saturated carbocycles. The van der Waals surface area contributed by atoms with E-state index in [4.69, 9.17) is 4.74 Å². The Kier molecular flexibility index (Phi) is 10.2. The van der Waals surface area contributed by atoms with Gasteiger partial charge < -0.3 is 15.0 Å². The number of hydrogen-bond acceptors (Lipinski definition) is 5. The predicted molar refractivity (Wildman–Crippen MR) is 168 cm³/mol. The summed E-state index contributed by atoms with van der Waals surface area (Å²) in [4.78, 5) is 29.3. The summed E-state index contributed by atoms with van der Waals surface area (Å²) in [6.45, 7) is 3.42. The van der Waals surface area contributed by atoms with Crippen molar-refractivity contribution in [3.8, 4) is 5.75 Å². The second-order valence-corrected chi connectivity index (χ2v) is 12.2. The molecule has 1 atom stereocenters. The van der Waals surface area contributed by atoms with Crippen LogP contribution in [0.1, 0.15) is 22.3 Å². The Hall–Kier alpha value is -4.63. The van der Waals surface area contributed by atoms with Crippen molar-refractivity contribution < 1.29 is 22.7 Å². The molecule has 4 aromatic rings. The van der Waals surface area contributed by atoms with Gasteiger partial charge in [-0.1, -0.05) is 72.3 Å². The monoisotopic (exact) mass is 599 g/mol. The minimum absolute atomic E-state index is 0.0549. The molecule has 0 spiro atoms. The highest BCUT2D eigenvalue weighted by Crippen LogP contribution is 2.27. The number of likely N-dealkylation sites (N-methyl/N-ethyl adjacent to an activating group) is 1. The highest BCUT2D eigenvalue weighted by molar-refractivity contribution is 7.92. The quantitative estimate of drug-likeness (QED) is 0.250. The number of sulfonamides is 1. The van der Waals surface area contributed by atoms with E-state index >= 15 is 0 Å². The lowest BCUT2D eigenvalue weighted by Gasteiger charge is -2.34. The van der Waals surface area contributed by atoms with Crippen molar-refractivity contribution >= 4 is 27.5 Å². The van der Waals surface area contributed by atoms with Crippen LogP contribution in [0.25, 0.3) is 0 Å². The average molecular weight is 600 g/mol. The van der Waals surface area contributed by atoms with Gasteiger partial charge in [0.15, 0.2) is 0 Å². The van der Waals surface area contributed by atoms with Gasteiger partial charge in [-0.15, -0.1) is 0 Å². The van der Waals surface area contributed by atoms with E-state index in [-0.39, 0.29) is 23.8 Å². The third-order valence-electron chi connectivity index (χ3n) is 7.37. The van der Waals surface area contributed by atoms with Crippen molar-refractivity contribution in [2.45, 2.75) is 37.8 Å². The highest BCUT2D eigenvalue weighted by atomic mass is 32.2. The second kappa shape index (κ2) is 14.0. The first-order valence-electron chi connectivity index (χ1n) is 14.0. The summed E-state index contributed by atoms with van der Waals surface area (Å²) in [5, 5.41) is 2.70. The summed E-state index contributed by atoms with van der Waals surface area (Å²) in [5.41, 5.74) is 3.89. The molecule has 0 radical (unpaired) electrons. The third-order valence-corrected chi connectivity index (χ3v) is 9.16. The Balaban J connectivity index is 1.79. The molecule has 224 valence electrons. The maximum atomic E-state index is 14.4. The fourth-order valence-corrected chi connectivity index (χ4v) is 6.22. The van der Waals surface area contributed by atoms with Crippen molar-refractivity contribution in [1.82, 2.24) is 10.2 Å². The zero-order valence-corrected chi connectivity index (χ0v) is 25.7. The van der Waals surface area contributed by atoms with Crippen LogP contribution in [0.4, 0.5) is 5.69 Å². The molecular formula is C34H37N3O5S. The number of nitrogens with one attached hydrogen (secondary N) is 1. The van der Waals surface area contributed by atoms with Crippen molar-refractivity contribution in [2.24, 2.45) is 0 Å². The number of anilines is 1. The highest BCUT2D eigenvalue weighted by Gasteiger charge is 2.34. The number of ether oxygens (including phenoxy) is 1. The largest absolute Gasteiger partial charge is 0.497 e. The molecule has 43 heavy (non-hydrogen) atoms. The zero-order valence-electron chi connectivity index (χ0n) is 24.9. The van der Waals surface area contributed by atoms with Crippen LogP contribution >= 0.6 is 0 Å². The molecule has 0 unspecified atom stereocenters. The lowest BCUT2D eigenvalue weighted by molar-refractivity contribution is -0.139. The van der Waals surface area contributed by atoms with E-state index in [1.807, 2.05) is 68.4 Å². The first kappa shape index (κ1) is 31.3. The smallest absolute Gasteiger partial charge is 0.264 e.